The fourth-order valence-electron chi connectivity index (χ4n) is 2.22. The van der Waals surface area contributed by atoms with Gasteiger partial charge in [-0.05, 0) is 32.9 Å². The van der Waals surface area contributed by atoms with Crippen LogP contribution in [0.3, 0.4) is 0 Å². The molecule has 2 rings (SSSR count). The van der Waals surface area contributed by atoms with Crippen molar-refractivity contribution in [1.29, 1.82) is 0 Å². The molecular formula is C15H19ClO7. The quantitative estimate of drug-likeness (QED) is 0.630. The highest BCUT2D eigenvalue weighted by atomic mass is 35.7. The van der Waals surface area contributed by atoms with Gasteiger partial charge in [-0.15, -0.1) is 10.2 Å². The molecule has 0 aliphatic heterocycles. The Morgan fingerprint density at radius 3 is 2.13 bits per heavy atom. The van der Waals surface area contributed by atoms with E-state index in [0.29, 0.717) is 13.2 Å². The van der Waals surface area contributed by atoms with Crippen LogP contribution in [0.4, 0.5) is 0 Å². The molecule has 1 aromatic carbocycles. The van der Waals surface area contributed by atoms with Crippen molar-refractivity contribution in [1.82, 2.24) is 0 Å². The minimum absolute atomic E-state index is 0.632. The molecule has 0 radical (unpaired) electrons. The summed E-state index contributed by atoms with van der Waals surface area (Å²) in [6, 6.07) is 5.86. The molecule has 0 saturated heterocycles. The third-order valence-corrected chi connectivity index (χ3v) is 2.85. The van der Waals surface area contributed by atoms with Crippen LogP contribution in [-0.4, -0.2) is 13.2 Å². The Kier molecular flexibility index (Phi) is 6.99. The second-order valence-electron chi connectivity index (χ2n) is 4.46. The molecule has 2 aromatic rings. The van der Waals surface area contributed by atoms with Crippen LogP contribution in [0.2, 0.25) is 0 Å². The summed E-state index contributed by atoms with van der Waals surface area (Å²) in [4.78, 5) is 0. The third-order valence-electron chi connectivity index (χ3n) is 2.85. The zero-order valence-electron chi connectivity index (χ0n) is 13.4. The number of furan rings is 1. The van der Waals surface area contributed by atoms with E-state index in [4.69, 9.17) is 32.2 Å². The molecule has 0 atom stereocenters. The van der Waals surface area contributed by atoms with Gasteiger partial charge in [0.2, 0.25) is 0 Å². The number of aryl methyl sites for hydroxylation is 2. The third kappa shape index (κ3) is 5.81. The Morgan fingerprint density at radius 1 is 1.04 bits per heavy atom. The Bertz CT molecular complexity index is 710. The average Bonchev–Trinajstić information content (AvgIpc) is 2.59. The maximum Gasteiger partial charge on any atom is 0.354 e. The molecule has 0 spiro atoms. The molecule has 1 aromatic heterocycles. The van der Waals surface area contributed by atoms with E-state index in [-0.39, 0.29) is 0 Å². The number of fused-ring (bicyclic) bond motifs is 1. The predicted molar refractivity (Wildman–Crippen MR) is 73.7 cm³/mol. The number of hydrogen-bond donors (Lipinski definition) is 0. The van der Waals surface area contributed by atoms with E-state index in [0.717, 1.165) is 33.5 Å². The molecule has 8 heteroatoms. The van der Waals surface area contributed by atoms with E-state index in [1.807, 2.05) is 45.9 Å². The van der Waals surface area contributed by atoms with Crippen LogP contribution in [0.1, 0.15) is 25.4 Å². The summed E-state index contributed by atoms with van der Waals surface area (Å²) in [5.41, 5.74) is 0.841. The monoisotopic (exact) mass is 346 g/mol. The lowest BCUT2D eigenvalue weighted by molar-refractivity contribution is -2.00. The van der Waals surface area contributed by atoms with Crippen LogP contribution in [0.15, 0.2) is 27.0 Å². The van der Waals surface area contributed by atoms with Crippen molar-refractivity contribution in [2.24, 2.45) is 0 Å². The second-order valence-corrected chi connectivity index (χ2v) is 5.22. The van der Waals surface area contributed by atoms with Crippen LogP contribution >= 0.6 is 0 Å². The normalized spacial score (nSPS) is 12.1. The van der Waals surface area contributed by atoms with E-state index >= 15 is 0 Å². The molecule has 0 unspecified atom stereocenters. The van der Waals surface area contributed by atoms with E-state index in [9.17, 15) is 0 Å². The first-order valence-electron chi connectivity index (χ1n) is 6.92. The minimum Gasteiger partial charge on any atom is -0.493 e. The van der Waals surface area contributed by atoms with E-state index in [1.54, 1.807) is 0 Å². The first-order chi connectivity index (χ1) is 10.7. The zero-order valence-corrected chi connectivity index (χ0v) is 14.1. The molecule has 0 N–H and O–H groups in total. The van der Waals surface area contributed by atoms with Crippen molar-refractivity contribution in [3.63, 3.8) is 0 Å². The highest BCUT2D eigenvalue weighted by molar-refractivity contribution is 5.91. The Balaban J connectivity index is 0.000000463. The molecule has 128 valence electrons. The zero-order chi connectivity index (χ0) is 17.6. The van der Waals surface area contributed by atoms with Gasteiger partial charge in [0.05, 0.1) is 12.0 Å². The minimum atomic E-state index is -4.94. The lowest BCUT2D eigenvalue weighted by Gasteiger charge is -2.17. The average molecular weight is 347 g/mol. The number of rotatable bonds is 3. The van der Waals surface area contributed by atoms with Crippen molar-refractivity contribution >= 4 is 10.8 Å². The van der Waals surface area contributed by atoms with Gasteiger partial charge in [0.15, 0.2) is 0 Å². The molecule has 1 heterocycles. The summed E-state index contributed by atoms with van der Waals surface area (Å²) in [6.45, 7) is 9.12. The fourth-order valence-corrected chi connectivity index (χ4v) is 2.22. The summed E-state index contributed by atoms with van der Waals surface area (Å²) in [5, 5.41) is 2.01. The topological polar surface area (TPSA) is 126 Å². The van der Waals surface area contributed by atoms with Crippen LogP contribution in [0, 0.1) is 24.1 Å². The van der Waals surface area contributed by atoms with Crippen LogP contribution in [0.25, 0.3) is 10.8 Å². The maximum absolute atomic E-state index is 8.49. The summed E-state index contributed by atoms with van der Waals surface area (Å²) >= 11 is 0. The van der Waals surface area contributed by atoms with Gasteiger partial charge in [0, 0.05) is 13.0 Å². The largest absolute Gasteiger partial charge is 0.493 e. The van der Waals surface area contributed by atoms with Crippen molar-refractivity contribution in [3.8, 4) is 5.75 Å². The van der Waals surface area contributed by atoms with Gasteiger partial charge in [-0.1, -0.05) is 0 Å². The highest BCUT2D eigenvalue weighted by Gasteiger charge is 2.17. The van der Waals surface area contributed by atoms with Crippen molar-refractivity contribution < 1.29 is 38.0 Å². The molecule has 0 saturated carbocycles. The van der Waals surface area contributed by atoms with Crippen molar-refractivity contribution in [3.05, 3.63) is 39.6 Å². The van der Waals surface area contributed by atoms with Gasteiger partial charge < -0.3 is 9.15 Å². The van der Waals surface area contributed by atoms with Gasteiger partial charge in [-0.25, -0.2) is 18.6 Å². The first kappa shape index (κ1) is 19.4. The van der Waals surface area contributed by atoms with Gasteiger partial charge in [-0.2, -0.15) is 0 Å². The van der Waals surface area contributed by atoms with E-state index in [1.165, 1.54) is 0 Å². The molecule has 0 fully saturated rings. The summed E-state index contributed by atoms with van der Waals surface area (Å²) in [5.74, 6) is 2.57. The molecule has 0 amide bonds. The SMILES string of the molecule is CCOc1cccc(=[O+]CC)c2c(C)oc(C)c12.[O-][Cl+3]([O-])([O-])[O-]. The fraction of sp³-hybridized carbons (Fsp3) is 0.400. The number of halogens is 1. The summed E-state index contributed by atoms with van der Waals surface area (Å²) < 4.78 is 51.1. The van der Waals surface area contributed by atoms with Crippen LogP contribution < -0.4 is 28.8 Å². The second kappa shape index (κ2) is 8.28. The molecule has 0 aliphatic rings. The van der Waals surface area contributed by atoms with Crippen molar-refractivity contribution in [2.75, 3.05) is 13.2 Å². The number of ether oxygens (including phenoxy) is 1. The lowest BCUT2D eigenvalue weighted by Crippen LogP contribution is -2.68. The van der Waals surface area contributed by atoms with Gasteiger partial charge in [0.25, 0.3) is 6.61 Å². The Morgan fingerprint density at radius 2 is 1.61 bits per heavy atom. The van der Waals surface area contributed by atoms with Gasteiger partial charge in [0.1, 0.15) is 22.7 Å². The lowest BCUT2D eigenvalue weighted by atomic mass is 10.2. The molecular weight excluding hydrogens is 328 g/mol. The summed E-state index contributed by atoms with van der Waals surface area (Å²) in [7, 11) is -4.94. The summed E-state index contributed by atoms with van der Waals surface area (Å²) in [6.07, 6.45) is 0. The molecule has 7 nitrogen and oxygen atoms in total. The highest BCUT2D eigenvalue weighted by Crippen LogP contribution is 2.29. The van der Waals surface area contributed by atoms with Crippen LogP contribution in [0.5, 0.6) is 5.75 Å². The standard InChI is InChI=1S/C15H19O3.ClHO4/c1-5-16-12-8-7-9-13(17-6-2)15-11(4)18-10(3)14(12)15;2-1(3,4)5/h7-9H,5-6H2,1-4H3;(H,2,3,4,5)/q+1;/p-1. The molecule has 0 aliphatic carbocycles. The Labute approximate surface area is 135 Å². The van der Waals surface area contributed by atoms with Crippen molar-refractivity contribution in [2.45, 2.75) is 27.7 Å². The Hall–Kier alpha value is -1.64. The van der Waals surface area contributed by atoms with Gasteiger partial charge >= 0.3 is 5.43 Å². The molecule has 0 bridgehead atoms. The van der Waals surface area contributed by atoms with Gasteiger partial charge in [-0.3, -0.25) is 4.42 Å². The van der Waals surface area contributed by atoms with E-state index in [2.05, 4.69) is 0 Å². The smallest absolute Gasteiger partial charge is 0.354 e. The van der Waals surface area contributed by atoms with E-state index < -0.39 is 10.2 Å². The van der Waals surface area contributed by atoms with Crippen LogP contribution in [-0.2, 0) is 0 Å². The molecule has 23 heavy (non-hydrogen) atoms. The maximum atomic E-state index is 8.49. The first-order valence-corrected chi connectivity index (χ1v) is 8.15. The predicted octanol–water partition coefficient (Wildman–Crippen LogP) is -1.39. The number of hydrogen-bond acceptors (Lipinski definition) is 6.